The van der Waals surface area contributed by atoms with Gasteiger partial charge in [0, 0.05) is 37.5 Å². The summed E-state index contributed by atoms with van der Waals surface area (Å²) in [5.74, 6) is 1.11. The maximum atomic E-state index is 13.1. The van der Waals surface area contributed by atoms with Gasteiger partial charge in [-0.15, -0.1) is 0 Å². The van der Waals surface area contributed by atoms with Crippen molar-refractivity contribution in [1.29, 1.82) is 0 Å². The highest BCUT2D eigenvalue weighted by molar-refractivity contribution is 5.94. The van der Waals surface area contributed by atoms with Gasteiger partial charge in [0.1, 0.15) is 11.4 Å². The molecule has 1 aliphatic heterocycles. The smallest absolute Gasteiger partial charge is 0.263 e. The van der Waals surface area contributed by atoms with Crippen LogP contribution >= 0.6 is 0 Å². The number of hydrogen-bond acceptors (Lipinski definition) is 4. The zero-order valence-corrected chi connectivity index (χ0v) is 16.3. The van der Waals surface area contributed by atoms with Gasteiger partial charge in [0.05, 0.1) is 12.2 Å². The lowest BCUT2D eigenvalue weighted by Crippen LogP contribution is -2.35. The quantitative estimate of drug-likeness (QED) is 0.837. The molecular weight excluding hydrogens is 340 g/mol. The second-order valence-electron chi connectivity index (χ2n) is 8.12. The van der Waals surface area contributed by atoms with Gasteiger partial charge < -0.3 is 9.47 Å². The lowest BCUT2D eigenvalue weighted by atomic mass is 9.94. The molecule has 0 atom stereocenters. The molecule has 0 aromatic carbocycles. The summed E-state index contributed by atoms with van der Waals surface area (Å²) in [6.07, 6.45) is 6.73. The standard InChI is InChI=1S/C21H26N4O2/c1-13(2)8-19-22-10-15-11-25(12-17(15)23-19)21(27)16-9-14-6-4-5-7-18(14)24(3)20(16)26/h9-10,13H,4-8,11-12H2,1-3H3. The summed E-state index contributed by atoms with van der Waals surface area (Å²) in [6, 6.07) is 1.83. The first-order chi connectivity index (χ1) is 12.9. The van der Waals surface area contributed by atoms with Crippen molar-refractivity contribution in [3.8, 4) is 0 Å². The molecule has 4 rings (SSSR count). The number of amides is 1. The van der Waals surface area contributed by atoms with Gasteiger partial charge in [-0.2, -0.15) is 0 Å². The molecule has 0 spiro atoms. The minimum absolute atomic E-state index is 0.191. The van der Waals surface area contributed by atoms with Gasteiger partial charge in [0.25, 0.3) is 11.5 Å². The van der Waals surface area contributed by atoms with E-state index in [9.17, 15) is 9.59 Å². The second-order valence-corrected chi connectivity index (χ2v) is 8.12. The molecule has 2 aliphatic rings. The molecule has 0 saturated carbocycles. The van der Waals surface area contributed by atoms with Crippen LogP contribution in [0.4, 0.5) is 0 Å². The number of carbonyl (C=O) groups is 1. The summed E-state index contributed by atoms with van der Waals surface area (Å²) < 4.78 is 1.67. The number of aryl methyl sites for hydroxylation is 1. The third kappa shape index (κ3) is 3.29. The molecule has 0 fully saturated rings. The second kappa shape index (κ2) is 6.91. The zero-order valence-electron chi connectivity index (χ0n) is 16.3. The molecule has 0 bridgehead atoms. The van der Waals surface area contributed by atoms with E-state index in [1.54, 1.807) is 16.5 Å². The van der Waals surface area contributed by atoms with Crippen LogP contribution in [-0.4, -0.2) is 25.3 Å². The fraction of sp³-hybridized carbons (Fsp3) is 0.524. The minimum Gasteiger partial charge on any atom is -0.328 e. The van der Waals surface area contributed by atoms with Gasteiger partial charge in [-0.1, -0.05) is 13.8 Å². The third-order valence-corrected chi connectivity index (χ3v) is 5.55. The predicted molar refractivity (Wildman–Crippen MR) is 102 cm³/mol. The van der Waals surface area contributed by atoms with Crippen LogP contribution in [0.1, 0.15) is 65.4 Å². The molecule has 0 radical (unpaired) electrons. The van der Waals surface area contributed by atoms with E-state index in [-0.39, 0.29) is 17.0 Å². The lowest BCUT2D eigenvalue weighted by Gasteiger charge is -2.21. The van der Waals surface area contributed by atoms with Gasteiger partial charge in [-0.3, -0.25) is 9.59 Å². The highest BCUT2D eigenvalue weighted by Crippen LogP contribution is 2.24. The lowest BCUT2D eigenvalue weighted by molar-refractivity contribution is 0.0747. The molecule has 2 aromatic rings. The highest BCUT2D eigenvalue weighted by Gasteiger charge is 2.29. The molecule has 27 heavy (non-hydrogen) atoms. The van der Waals surface area contributed by atoms with E-state index in [0.29, 0.717) is 19.0 Å². The van der Waals surface area contributed by atoms with Crippen LogP contribution in [0, 0.1) is 5.92 Å². The number of aromatic nitrogens is 3. The van der Waals surface area contributed by atoms with E-state index >= 15 is 0 Å². The van der Waals surface area contributed by atoms with Crippen LogP contribution in [0.3, 0.4) is 0 Å². The van der Waals surface area contributed by atoms with Crippen LogP contribution in [0.15, 0.2) is 17.1 Å². The number of carbonyl (C=O) groups excluding carboxylic acids is 1. The highest BCUT2D eigenvalue weighted by atomic mass is 16.2. The first-order valence-electron chi connectivity index (χ1n) is 9.78. The summed E-state index contributed by atoms with van der Waals surface area (Å²) in [4.78, 5) is 36.7. The Morgan fingerprint density at radius 3 is 2.74 bits per heavy atom. The number of fused-ring (bicyclic) bond motifs is 2. The number of rotatable bonds is 3. The van der Waals surface area contributed by atoms with Crippen LogP contribution in [0.5, 0.6) is 0 Å². The summed E-state index contributed by atoms with van der Waals surface area (Å²) in [5.41, 5.74) is 4.19. The molecule has 6 heteroatoms. The molecule has 2 aromatic heterocycles. The minimum atomic E-state index is -0.201. The molecule has 3 heterocycles. The Morgan fingerprint density at radius 2 is 1.96 bits per heavy atom. The van der Waals surface area contributed by atoms with E-state index in [2.05, 4.69) is 23.8 Å². The van der Waals surface area contributed by atoms with Crippen LogP contribution in [0.2, 0.25) is 0 Å². The predicted octanol–water partition coefficient (Wildman–Crippen LogP) is 2.41. The molecule has 0 saturated heterocycles. The van der Waals surface area contributed by atoms with Crippen molar-refractivity contribution >= 4 is 5.91 Å². The summed E-state index contributed by atoms with van der Waals surface area (Å²) >= 11 is 0. The fourth-order valence-corrected chi connectivity index (χ4v) is 4.12. The van der Waals surface area contributed by atoms with E-state index in [0.717, 1.165) is 60.4 Å². The van der Waals surface area contributed by atoms with Gasteiger partial charge in [0.2, 0.25) is 0 Å². The van der Waals surface area contributed by atoms with Crippen molar-refractivity contribution in [1.82, 2.24) is 19.4 Å². The largest absolute Gasteiger partial charge is 0.328 e. The number of nitrogens with zero attached hydrogens (tertiary/aromatic N) is 4. The average Bonchev–Trinajstić information content (AvgIpc) is 3.07. The van der Waals surface area contributed by atoms with E-state index in [4.69, 9.17) is 0 Å². The monoisotopic (exact) mass is 366 g/mol. The van der Waals surface area contributed by atoms with Crippen LogP contribution in [-0.2, 0) is 39.4 Å². The van der Waals surface area contributed by atoms with Crippen molar-refractivity contribution in [2.24, 2.45) is 13.0 Å². The fourth-order valence-electron chi connectivity index (χ4n) is 4.12. The SMILES string of the molecule is CC(C)Cc1ncc2c(n1)CN(C(=O)c1cc3c(n(C)c1=O)CCCC3)C2. The van der Waals surface area contributed by atoms with Gasteiger partial charge in [-0.25, -0.2) is 9.97 Å². The first kappa shape index (κ1) is 17.9. The maximum absolute atomic E-state index is 13.1. The van der Waals surface area contributed by atoms with E-state index in [1.807, 2.05) is 12.3 Å². The molecule has 1 amide bonds. The Kier molecular flexibility index (Phi) is 4.58. The normalized spacial score (nSPS) is 15.8. The van der Waals surface area contributed by atoms with Crippen LogP contribution < -0.4 is 5.56 Å². The Labute approximate surface area is 159 Å². The summed E-state index contributed by atoms with van der Waals surface area (Å²) in [5, 5.41) is 0. The molecule has 142 valence electrons. The summed E-state index contributed by atoms with van der Waals surface area (Å²) in [7, 11) is 1.78. The van der Waals surface area contributed by atoms with Crippen molar-refractivity contribution in [3.05, 3.63) is 56.5 Å². The van der Waals surface area contributed by atoms with Gasteiger partial charge in [-0.05, 0) is 43.2 Å². The first-order valence-corrected chi connectivity index (χ1v) is 9.78. The molecule has 6 nitrogen and oxygen atoms in total. The topological polar surface area (TPSA) is 68.1 Å². The van der Waals surface area contributed by atoms with E-state index in [1.165, 1.54) is 0 Å². The number of hydrogen-bond donors (Lipinski definition) is 0. The molecular formula is C21H26N4O2. The Bertz CT molecular complexity index is 961. The van der Waals surface area contributed by atoms with Crippen molar-refractivity contribution in [2.75, 3.05) is 0 Å². The Hall–Kier alpha value is -2.50. The van der Waals surface area contributed by atoms with Crippen molar-refractivity contribution < 1.29 is 4.79 Å². The molecule has 0 unspecified atom stereocenters. The van der Waals surface area contributed by atoms with E-state index < -0.39 is 0 Å². The summed E-state index contributed by atoms with van der Waals surface area (Å²) in [6.45, 7) is 5.19. The third-order valence-electron chi connectivity index (χ3n) is 5.55. The van der Waals surface area contributed by atoms with Crippen molar-refractivity contribution in [2.45, 2.75) is 59.0 Å². The molecule has 0 N–H and O–H groups in total. The average molecular weight is 366 g/mol. The number of pyridine rings is 1. The van der Waals surface area contributed by atoms with Crippen LogP contribution in [0.25, 0.3) is 0 Å². The Morgan fingerprint density at radius 1 is 1.19 bits per heavy atom. The maximum Gasteiger partial charge on any atom is 0.263 e. The Balaban J connectivity index is 1.61. The van der Waals surface area contributed by atoms with Crippen molar-refractivity contribution in [3.63, 3.8) is 0 Å². The zero-order chi connectivity index (χ0) is 19.1. The van der Waals surface area contributed by atoms with Gasteiger partial charge in [0.15, 0.2) is 0 Å². The molecule has 1 aliphatic carbocycles. The van der Waals surface area contributed by atoms with Gasteiger partial charge >= 0.3 is 0 Å².